The maximum Gasteiger partial charge on any atom is 0.239 e. The molecule has 2 aromatic rings. The Morgan fingerprint density at radius 1 is 1.43 bits per heavy atom. The Morgan fingerprint density at radius 2 is 2.21 bits per heavy atom. The van der Waals surface area contributed by atoms with E-state index in [9.17, 15) is 0 Å². The van der Waals surface area contributed by atoms with Gasteiger partial charge in [-0.3, -0.25) is 4.68 Å². The van der Waals surface area contributed by atoms with Gasteiger partial charge in [0.05, 0.1) is 12.2 Å². The van der Waals surface area contributed by atoms with Crippen LogP contribution in [0.4, 0.5) is 5.95 Å². The van der Waals surface area contributed by atoms with Gasteiger partial charge in [0.15, 0.2) is 0 Å². The van der Waals surface area contributed by atoms with E-state index in [0.717, 1.165) is 11.3 Å². The number of rotatable bonds is 2. The van der Waals surface area contributed by atoms with E-state index in [1.54, 1.807) is 15.7 Å². The van der Waals surface area contributed by atoms with Gasteiger partial charge in [-0.1, -0.05) is 0 Å². The van der Waals surface area contributed by atoms with Gasteiger partial charge in [0, 0.05) is 13.2 Å². The quantitative estimate of drug-likeness (QED) is 0.724. The number of aromatic nitrogens is 5. The van der Waals surface area contributed by atoms with Crippen LogP contribution >= 0.6 is 0 Å². The largest absolute Gasteiger partial charge is 0.367 e. The lowest BCUT2D eigenvalue weighted by atomic mass is 10.3. The topological polar surface area (TPSA) is 74.5 Å². The summed E-state index contributed by atoms with van der Waals surface area (Å²) in [5.74, 6) is 0.290. The second-order valence-corrected chi connectivity index (χ2v) is 3.23. The zero-order valence-corrected chi connectivity index (χ0v) is 8.18. The Kier molecular flexibility index (Phi) is 1.95. The van der Waals surface area contributed by atoms with Crippen molar-refractivity contribution < 1.29 is 0 Å². The van der Waals surface area contributed by atoms with E-state index in [1.165, 1.54) is 0 Å². The van der Waals surface area contributed by atoms with E-state index in [2.05, 4.69) is 15.2 Å². The van der Waals surface area contributed by atoms with Gasteiger partial charge in [0.2, 0.25) is 5.95 Å². The molecule has 0 atom stereocenters. The summed E-state index contributed by atoms with van der Waals surface area (Å²) in [5, 5.41) is 8.29. The molecule has 2 rings (SSSR count). The van der Waals surface area contributed by atoms with Crippen molar-refractivity contribution in [2.45, 2.75) is 13.5 Å². The van der Waals surface area contributed by atoms with Crippen molar-refractivity contribution in [2.24, 2.45) is 7.05 Å². The minimum Gasteiger partial charge on any atom is -0.367 e. The van der Waals surface area contributed by atoms with Gasteiger partial charge in [0.25, 0.3) is 0 Å². The number of hydrogen-bond donors (Lipinski definition) is 1. The second kappa shape index (κ2) is 3.13. The van der Waals surface area contributed by atoms with Crippen molar-refractivity contribution in [1.82, 2.24) is 24.5 Å². The van der Waals surface area contributed by atoms with E-state index in [1.807, 2.05) is 20.2 Å². The first kappa shape index (κ1) is 8.74. The highest BCUT2D eigenvalue weighted by atomic mass is 15.4. The number of anilines is 1. The van der Waals surface area contributed by atoms with Gasteiger partial charge in [-0.05, 0) is 12.5 Å². The molecule has 2 aromatic heterocycles. The molecule has 6 heteroatoms. The Hall–Kier alpha value is -1.85. The van der Waals surface area contributed by atoms with Crippen LogP contribution in [0.5, 0.6) is 0 Å². The van der Waals surface area contributed by atoms with Crippen molar-refractivity contribution in [2.75, 3.05) is 5.73 Å². The van der Waals surface area contributed by atoms with Gasteiger partial charge in [0.1, 0.15) is 6.33 Å². The zero-order valence-electron chi connectivity index (χ0n) is 8.18. The van der Waals surface area contributed by atoms with Crippen molar-refractivity contribution >= 4 is 5.95 Å². The molecule has 14 heavy (non-hydrogen) atoms. The predicted molar refractivity (Wildman–Crippen MR) is 51.5 cm³/mol. The average molecular weight is 192 g/mol. The number of hydrogen-bond acceptors (Lipinski definition) is 4. The molecule has 0 unspecified atom stereocenters. The molecular weight excluding hydrogens is 180 g/mol. The molecule has 0 saturated heterocycles. The summed E-state index contributed by atoms with van der Waals surface area (Å²) in [6.45, 7) is 2.62. The minimum absolute atomic E-state index is 0.290. The van der Waals surface area contributed by atoms with Crippen molar-refractivity contribution in [3.05, 3.63) is 23.8 Å². The van der Waals surface area contributed by atoms with Crippen molar-refractivity contribution in [1.29, 1.82) is 0 Å². The maximum absolute atomic E-state index is 5.41. The molecule has 0 aliphatic carbocycles. The summed E-state index contributed by atoms with van der Waals surface area (Å²) in [4.78, 5) is 3.84. The first-order valence-electron chi connectivity index (χ1n) is 4.29. The minimum atomic E-state index is 0.290. The standard InChI is InChI=1S/C8H12N6/c1-6-3-13(2)11-7(6)4-14-5-10-8(9)12-14/h3,5H,4H2,1-2H3,(H2,9,12). The third-order valence-electron chi connectivity index (χ3n) is 1.98. The number of aryl methyl sites for hydroxylation is 2. The van der Waals surface area contributed by atoms with Crippen LogP contribution in [0.2, 0.25) is 0 Å². The number of nitrogens with zero attached hydrogens (tertiary/aromatic N) is 5. The van der Waals surface area contributed by atoms with Crippen LogP contribution in [-0.2, 0) is 13.6 Å². The van der Waals surface area contributed by atoms with Crippen LogP contribution in [0.15, 0.2) is 12.5 Å². The first-order valence-corrected chi connectivity index (χ1v) is 4.29. The molecule has 74 valence electrons. The normalized spacial score (nSPS) is 10.7. The van der Waals surface area contributed by atoms with Crippen molar-refractivity contribution in [3.8, 4) is 0 Å². The molecule has 0 aliphatic rings. The van der Waals surface area contributed by atoms with Crippen LogP contribution in [0.1, 0.15) is 11.3 Å². The summed E-state index contributed by atoms with van der Waals surface area (Å²) in [6.07, 6.45) is 3.57. The van der Waals surface area contributed by atoms with E-state index < -0.39 is 0 Å². The summed E-state index contributed by atoms with van der Waals surface area (Å²) in [5.41, 5.74) is 7.53. The van der Waals surface area contributed by atoms with Gasteiger partial charge in [-0.15, -0.1) is 5.10 Å². The lowest BCUT2D eigenvalue weighted by molar-refractivity contribution is 0.649. The molecule has 0 amide bonds. The van der Waals surface area contributed by atoms with Gasteiger partial charge in [-0.2, -0.15) is 5.10 Å². The molecule has 0 fully saturated rings. The van der Waals surface area contributed by atoms with Crippen LogP contribution in [0, 0.1) is 6.92 Å². The van der Waals surface area contributed by atoms with E-state index in [0.29, 0.717) is 12.5 Å². The summed E-state index contributed by atoms with van der Waals surface area (Å²) < 4.78 is 3.45. The first-order chi connectivity index (χ1) is 6.65. The number of nitrogens with two attached hydrogens (primary N) is 1. The highest BCUT2D eigenvalue weighted by molar-refractivity contribution is 5.16. The Balaban J connectivity index is 2.22. The van der Waals surface area contributed by atoms with Crippen molar-refractivity contribution in [3.63, 3.8) is 0 Å². The van der Waals surface area contributed by atoms with E-state index in [-0.39, 0.29) is 0 Å². The summed E-state index contributed by atoms with van der Waals surface area (Å²) >= 11 is 0. The summed E-state index contributed by atoms with van der Waals surface area (Å²) in [7, 11) is 1.90. The monoisotopic (exact) mass is 192 g/mol. The predicted octanol–water partition coefficient (Wildman–Crippen LogP) is -0.0495. The molecule has 0 saturated carbocycles. The van der Waals surface area contributed by atoms with Gasteiger partial charge >= 0.3 is 0 Å². The van der Waals surface area contributed by atoms with Gasteiger partial charge in [-0.25, -0.2) is 9.67 Å². The van der Waals surface area contributed by atoms with Crippen LogP contribution in [-0.4, -0.2) is 24.5 Å². The molecule has 2 heterocycles. The Bertz CT molecular complexity index is 440. The molecule has 2 N–H and O–H groups in total. The fourth-order valence-electron chi connectivity index (χ4n) is 1.35. The van der Waals surface area contributed by atoms with E-state index >= 15 is 0 Å². The molecule has 0 aromatic carbocycles. The van der Waals surface area contributed by atoms with Crippen LogP contribution in [0.3, 0.4) is 0 Å². The Morgan fingerprint density at radius 3 is 2.71 bits per heavy atom. The fraction of sp³-hybridized carbons (Fsp3) is 0.375. The smallest absolute Gasteiger partial charge is 0.239 e. The lowest BCUT2D eigenvalue weighted by Gasteiger charge is -1.96. The SMILES string of the molecule is Cc1cn(C)nc1Cn1cnc(N)n1. The highest BCUT2D eigenvalue weighted by Crippen LogP contribution is 2.05. The molecule has 0 spiro atoms. The summed E-state index contributed by atoms with van der Waals surface area (Å²) in [6, 6.07) is 0. The molecule has 0 radical (unpaired) electrons. The van der Waals surface area contributed by atoms with E-state index in [4.69, 9.17) is 5.73 Å². The molecule has 0 bridgehead atoms. The fourth-order valence-corrected chi connectivity index (χ4v) is 1.35. The van der Waals surface area contributed by atoms with Gasteiger partial charge < -0.3 is 5.73 Å². The molecular formula is C8H12N6. The highest BCUT2D eigenvalue weighted by Gasteiger charge is 2.05. The average Bonchev–Trinajstić information content (AvgIpc) is 2.61. The third kappa shape index (κ3) is 1.59. The van der Waals surface area contributed by atoms with Crippen LogP contribution in [0.25, 0.3) is 0 Å². The molecule has 6 nitrogen and oxygen atoms in total. The zero-order chi connectivity index (χ0) is 10.1. The lowest BCUT2D eigenvalue weighted by Crippen LogP contribution is -2.03. The second-order valence-electron chi connectivity index (χ2n) is 3.23. The molecule has 0 aliphatic heterocycles. The Labute approximate surface area is 81.4 Å². The number of nitrogen functional groups attached to an aromatic ring is 1. The third-order valence-corrected chi connectivity index (χ3v) is 1.98. The van der Waals surface area contributed by atoms with Crippen LogP contribution < -0.4 is 5.73 Å². The maximum atomic E-state index is 5.41.